The fourth-order valence-corrected chi connectivity index (χ4v) is 4.12. The molecule has 2 aliphatic heterocycles. The van der Waals surface area contributed by atoms with E-state index in [4.69, 9.17) is 4.74 Å². The third-order valence-electron chi connectivity index (χ3n) is 5.24. The van der Waals surface area contributed by atoms with Gasteiger partial charge in [-0.05, 0) is 26.2 Å². The molecule has 4 rings (SSSR count). The summed E-state index contributed by atoms with van der Waals surface area (Å²) in [5.41, 5.74) is 2.25. The molecule has 0 aromatic carbocycles. The van der Waals surface area contributed by atoms with E-state index in [1.54, 1.807) is 0 Å². The summed E-state index contributed by atoms with van der Waals surface area (Å²) in [4.78, 5) is 22.7. The predicted molar refractivity (Wildman–Crippen MR) is 81.3 cm³/mol. The van der Waals surface area contributed by atoms with Crippen LogP contribution < -0.4 is 5.32 Å². The summed E-state index contributed by atoms with van der Waals surface area (Å²) in [5, 5.41) is 3.52. The lowest BCUT2D eigenvalue weighted by Crippen LogP contribution is -2.53. The second-order valence-electron chi connectivity index (χ2n) is 6.74. The molecule has 120 valence electrons. The number of aromatic amines is 1. The Morgan fingerprint density at radius 2 is 2.32 bits per heavy atom. The Kier molecular flexibility index (Phi) is 3.66. The fraction of sp³-hybridized carbons (Fsp3) is 0.750. The maximum atomic E-state index is 12.9. The van der Waals surface area contributed by atoms with E-state index in [-0.39, 0.29) is 5.92 Å². The minimum atomic E-state index is 0.140. The first-order valence-electron chi connectivity index (χ1n) is 8.39. The summed E-state index contributed by atoms with van der Waals surface area (Å²) >= 11 is 0. The van der Waals surface area contributed by atoms with Gasteiger partial charge in [-0.2, -0.15) is 0 Å². The minimum Gasteiger partial charge on any atom is -0.375 e. The van der Waals surface area contributed by atoms with Crippen molar-refractivity contribution >= 4 is 5.91 Å². The van der Waals surface area contributed by atoms with Crippen LogP contribution in [0.1, 0.15) is 36.5 Å². The van der Waals surface area contributed by atoms with Gasteiger partial charge >= 0.3 is 0 Å². The van der Waals surface area contributed by atoms with Crippen molar-refractivity contribution in [3.8, 4) is 0 Å². The summed E-state index contributed by atoms with van der Waals surface area (Å²) in [6, 6.07) is 0.353. The van der Waals surface area contributed by atoms with Gasteiger partial charge in [0.15, 0.2) is 0 Å². The molecule has 1 aromatic rings. The van der Waals surface area contributed by atoms with E-state index in [1.165, 1.54) is 0 Å². The summed E-state index contributed by atoms with van der Waals surface area (Å²) in [7, 11) is 0. The number of carbonyl (C=O) groups excluding carboxylic acids is 1. The molecule has 3 atom stereocenters. The van der Waals surface area contributed by atoms with E-state index in [0.717, 1.165) is 62.6 Å². The average Bonchev–Trinajstić information content (AvgIpc) is 2.92. The summed E-state index contributed by atoms with van der Waals surface area (Å²) in [6.07, 6.45) is 4.03. The van der Waals surface area contributed by atoms with Crippen LogP contribution in [0.2, 0.25) is 0 Å². The normalized spacial score (nSPS) is 31.5. The van der Waals surface area contributed by atoms with Crippen LogP contribution in [-0.4, -0.2) is 52.6 Å². The van der Waals surface area contributed by atoms with Crippen molar-refractivity contribution in [1.82, 2.24) is 20.2 Å². The average molecular weight is 304 g/mol. The van der Waals surface area contributed by atoms with Crippen LogP contribution in [0.5, 0.6) is 0 Å². The molecule has 0 unspecified atom stereocenters. The maximum Gasteiger partial charge on any atom is 0.226 e. The molecule has 3 heterocycles. The number of hydrogen-bond donors (Lipinski definition) is 2. The summed E-state index contributed by atoms with van der Waals surface area (Å²) in [5.74, 6) is 1.40. The zero-order valence-electron chi connectivity index (χ0n) is 13.1. The molecule has 1 amide bonds. The number of aryl methyl sites for hydroxylation is 1. The van der Waals surface area contributed by atoms with Crippen molar-refractivity contribution in [2.45, 2.75) is 51.3 Å². The lowest BCUT2D eigenvalue weighted by molar-refractivity contribution is -0.140. The minimum absolute atomic E-state index is 0.140. The molecule has 1 aliphatic carbocycles. The van der Waals surface area contributed by atoms with E-state index in [1.807, 2.05) is 11.8 Å². The first-order chi connectivity index (χ1) is 10.7. The van der Waals surface area contributed by atoms with Crippen LogP contribution in [-0.2, 0) is 22.5 Å². The molecule has 6 nitrogen and oxygen atoms in total. The topological polar surface area (TPSA) is 70.2 Å². The number of H-pyrrole nitrogens is 1. The van der Waals surface area contributed by atoms with Gasteiger partial charge in [-0.15, -0.1) is 0 Å². The van der Waals surface area contributed by atoms with E-state index in [0.29, 0.717) is 24.6 Å². The summed E-state index contributed by atoms with van der Waals surface area (Å²) < 4.78 is 5.80. The number of nitrogens with one attached hydrogen (secondary N) is 2. The summed E-state index contributed by atoms with van der Waals surface area (Å²) in [6.45, 7) is 5.16. The second kappa shape index (κ2) is 5.66. The van der Waals surface area contributed by atoms with Gasteiger partial charge in [0.1, 0.15) is 5.82 Å². The highest BCUT2D eigenvalue weighted by Gasteiger charge is 2.38. The van der Waals surface area contributed by atoms with Gasteiger partial charge in [-0.3, -0.25) is 4.79 Å². The molecule has 1 aromatic heterocycles. The molecule has 0 radical (unpaired) electrons. The number of imidazole rings is 1. The van der Waals surface area contributed by atoms with Crippen LogP contribution in [0.3, 0.4) is 0 Å². The van der Waals surface area contributed by atoms with Gasteiger partial charge in [0.25, 0.3) is 0 Å². The molecular weight excluding hydrogens is 280 g/mol. The van der Waals surface area contributed by atoms with Crippen LogP contribution in [0, 0.1) is 12.8 Å². The largest absolute Gasteiger partial charge is 0.375 e. The van der Waals surface area contributed by atoms with Gasteiger partial charge in [-0.25, -0.2) is 4.98 Å². The standard InChI is InChI=1S/C16H24N4O2/c1-10-18-12-4-6-20(9-14(12)19-10)16(21)11-2-3-15-13(8-11)17-5-7-22-15/h11,13,15,17H,2-9H2,1H3,(H,18,19)/t11-,13+,15+/m0/s1. The van der Waals surface area contributed by atoms with Crippen molar-refractivity contribution in [3.05, 3.63) is 17.2 Å². The first-order valence-corrected chi connectivity index (χ1v) is 8.39. The molecule has 0 spiro atoms. The Balaban J connectivity index is 1.42. The third kappa shape index (κ3) is 2.54. The number of hydrogen-bond acceptors (Lipinski definition) is 4. The number of amides is 1. The zero-order valence-corrected chi connectivity index (χ0v) is 13.1. The number of nitrogens with zero attached hydrogens (tertiary/aromatic N) is 2. The van der Waals surface area contributed by atoms with Crippen LogP contribution in [0.15, 0.2) is 0 Å². The zero-order chi connectivity index (χ0) is 15.1. The number of rotatable bonds is 1. The number of aromatic nitrogens is 2. The second-order valence-corrected chi connectivity index (χ2v) is 6.74. The number of carbonyl (C=O) groups is 1. The van der Waals surface area contributed by atoms with Gasteiger partial charge in [0, 0.05) is 31.5 Å². The molecular formula is C16H24N4O2. The smallest absolute Gasteiger partial charge is 0.226 e. The van der Waals surface area contributed by atoms with Crippen molar-refractivity contribution in [3.63, 3.8) is 0 Å². The molecule has 3 aliphatic rings. The van der Waals surface area contributed by atoms with Gasteiger partial charge < -0.3 is 19.9 Å². The highest BCUT2D eigenvalue weighted by atomic mass is 16.5. The van der Waals surface area contributed by atoms with Crippen molar-refractivity contribution in [2.24, 2.45) is 5.92 Å². The lowest BCUT2D eigenvalue weighted by atomic mass is 9.82. The highest BCUT2D eigenvalue weighted by molar-refractivity contribution is 5.79. The van der Waals surface area contributed by atoms with Crippen molar-refractivity contribution in [2.75, 3.05) is 19.7 Å². The predicted octanol–water partition coefficient (Wildman–Crippen LogP) is 0.760. The SMILES string of the molecule is Cc1nc2c([nH]1)CN(C(=O)[C@H]1CC[C@H]3OCCN[C@@H]3C1)CC2. The first kappa shape index (κ1) is 14.2. The Labute approximate surface area is 130 Å². The molecule has 2 N–H and O–H groups in total. The fourth-order valence-electron chi connectivity index (χ4n) is 4.12. The number of ether oxygens (including phenoxy) is 1. The van der Waals surface area contributed by atoms with E-state index in [2.05, 4.69) is 15.3 Å². The molecule has 1 saturated heterocycles. The molecule has 2 fully saturated rings. The quantitative estimate of drug-likeness (QED) is 0.803. The Morgan fingerprint density at radius 1 is 1.41 bits per heavy atom. The van der Waals surface area contributed by atoms with E-state index in [9.17, 15) is 4.79 Å². The Bertz CT molecular complexity index is 570. The van der Waals surface area contributed by atoms with Gasteiger partial charge in [-0.1, -0.05) is 0 Å². The number of morpholine rings is 1. The van der Waals surface area contributed by atoms with Crippen LogP contribution in [0.25, 0.3) is 0 Å². The van der Waals surface area contributed by atoms with E-state index < -0.39 is 0 Å². The third-order valence-corrected chi connectivity index (χ3v) is 5.24. The molecule has 22 heavy (non-hydrogen) atoms. The molecule has 0 bridgehead atoms. The maximum absolute atomic E-state index is 12.9. The Hall–Kier alpha value is -1.40. The number of fused-ring (bicyclic) bond motifs is 2. The van der Waals surface area contributed by atoms with Crippen LogP contribution in [0.4, 0.5) is 0 Å². The highest BCUT2D eigenvalue weighted by Crippen LogP contribution is 2.30. The van der Waals surface area contributed by atoms with Gasteiger partial charge in [0.05, 0.1) is 30.6 Å². The van der Waals surface area contributed by atoms with E-state index >= 15 is 0 Å². The van der Waals surface area contributed by atoms with Crippen LogP contribution >= 0.6 is 0 Å². The Morgan fingerprint density at radius 3 is 3.23 bits per heavy atom. The van der Waals surface area contributed by atoms with Gasteiger partial charge in [0.2, 0.25) is 5.91 Å². The molecule has 1 saturated carbocycles. The molecule has 6 heteroatoms. The lowest BCUT2D eigenvalue weighted by Gasteiger charge is -2.40. The van der Waals surface area contributed by atoms with Crippen molar-refractivity contribution < 1.29 is 9.53 Å². The van der Waals surface area contributed by atoms with Crippen molar-refractivity contribution in [1.29, 1.82) is 0 Å². The monoisotopic (exact) mass is 304 g/mol.